The molecule has 14 aromatic carbocycles. The van der Waals surface area contributed by atoms with E-state index in [2.05, 4.69) is 276 Å². The fraction of sp³-hybridized carbons (Fsp3) is 0. The van der Waals surface area contributed by atoms with Crippen molar-refractivity contribution in [1.82, 2.24) is 29.1 Å². The second kappa shape index (κ2) is 24.3. The molecule has 8 heteroatoms. The monoisotopic (exact) mass is 1280 g/mol. The van der Waals surface area contributed by atoms with E-state index >= 15 is 0 Å². The van der Waals surface area contributed by atoms with E-state index in [4.69, 9.17) is 28.8 Å². The van der Waals surface area contributed by atoms with Gasteiger partial charge in [0.05, 0.1) is 32.8 Å². The molecular weight excluding hydrogens is 1220 g/mol. The van der Waals surface area contributed by atoms with Crippen LogP contribution in [-0.2, 0) is 0 Å². The van der Waals surface area contributed by atoms with Crippen molar-refractivity contribution in [2.45, 2.75) is 0 Å². The molecule has 0 aliphatic carbocycles. The van der Waals surface area contributed by atoms with E-state index in [-0.39, 0.29) is 0 Å². The maximum Gasteiger partial charge on any atom is 0.180 e. The fourth-order valence-electron chi connectivity index (χ4n) is 14.7. The zero-order valence-electron chi connectivity index (χ0n) is 54.0. The molecule has 0 N–H and O–H groups in total. The van der Waals surface area contributed by atoms with Crippen LogP contribution >= 0.6 is 0 Å². The molecule has 8 nitrogen and oxygen atoms in total. The summed E-state index contributed by atoms with van der Waals surface area (Å²) in [5.41, 5.74) is 25.8. The summed E-state index contributed by atoms with van der Waals surface area (Å²) < 4.78 is 18.1. The smallest absolute Gasteiger partial charge is 0.180 e. The van der Waals surface area contributed by atoms with E-state index < -0.39 is 0 Å². The van der Waals surface area contributed by atoms with Gasteiger partial charge in [-0.2, -0.15) is 0 Å². The van der Waals surface area contributed by atoms with Gasteiger partial charge in [-0.25, -0.2) is 19.9 Å². The van der Waals surface area contributed by atoms with Crippen molar-refractivity contribution in [3.63, 3.8) is 0 Å². The first-order chi connectivity index (χ1) is 49.6. The van der Waals surface area contributed by atoms with Gasteiger partial charge in [-0.1, -0.05) is 279 Å². The second-order valence-corrected chi connectivity index (χ2v) is 25.2. The van der Waals surface area contributed by atoms with E-state index in [9.17, 15) is 0 Å². The van der Waals surface area contributed by atoms with Crippen molar-refractivity contribution in [3.05, 3.63) is 352 Å². The SMILES string of the molecule is c1ccc(-c2cc(-c3cccc4oc5c(-c6ccccc6)nc(-c6ccccc6)nc5c34)cc(-n3c4ccccc4c4ccccc43)c2)cc1.c1ccc(-c2nc(-c3ccccc3)c3oc4cccc(-c5cccc(-c6cccc(-n7c8ccccc8c8ccccc87)c6)c5)c4c3n2)cc1. The quantitative estimate of drug-likeness (QED) is 0.136. The standard InChI is InChI=1S/2C46H29N3O/c1-4-15-30(16-5-1)33-27-34(29-35(28-33)49-39-24-12-10-21-37(39)38-22-11-13-25-40(38)49)36-23-14-26-41-42(36)44-45(50-41)43(31-17-6-2-7-18-31)47-46(48-44)32-19-8-3-9-20-32;1-3-14-30(15-4-1)43-45-44(48-46(47-43)31-16-5-2-6-17-31)42-36(24-13-27-41(42)50-45)34-20-11-18-32(28-34)33-19-12-21-35(29-33)49-39-25-9-7-22-37(39)38-23-8-10-26-40(38)49/h2*1-29H. The highest BCUT2D eigenvalue weighted by Crippen LogP contribution is 2.45. The Morgan fingerprint density at radius 2 is 0.550 bits per heavy atom. The Labute approximate surface area is 575 Å². The third-order valence-electron chi connectivity index (χ3n) is 19.2. The maximum absolute atomic E-state index is 6.69. The highest BCUT2D eigenvalue weighted by atomic mass is 16.3. The second-order valence-electron chi connectivity index (χ2n) is 25.2. The number of hydrogen-bond donors (Lipinski definition) is 0. The van der Waals surface area contributed by atoms with E-state index in [1.807, 2.05) is 84.9 Å². The molecule has 6 aromatic heterocycles. The van der Waals surface area contributed by atoms with Crippen molar-refractivity contribution in [1.29, 1.82) is 0 Å². The molecule has 0 saturated heterocycles. The average Bonchev–Trinajstić information content (AvgIpc) is 1.59. The van der Waals surface area contributed by atoms with Crippen LogP contribution in [0, 0.1) is 0 Å². The van der Waals surface area contributed by atoms with Crippen molar-refractivity contribution in [2.24, 2.45) is 0 Å². The Morgan fingerprint density at radius 3 is 1.02 bits per heavy atom. The summed E-state index contributed by atoms with van der Waals surface area (Å²) in [4.78, 5) is 20.5. The highest BCUT2D eigenvalue weighted by molar-refractivity contribution is 6.16. The van der Waals surface area contributed by atoms with Gasteiger partial charge in [0, 0.05) is 55.2 Å². The van der Waals surface area contributed by atoms with Crippen LogP contribution in [0.3, 0.4) is 0 Å². The summed E-state index contributed by atoms with van der Waals surface area (Å²) in [6.45, 7) is 0. The van der Waals surface area contributed by atoms with Crippen LogP contribution in [0.4, 0.5) is 0 Å². The predicted molar refractivity (Wildman–Crippen MR) is 411 cm³/mol. The van der Waals surface area contributed by atoms with Crippen LogP contribution in [0.2, 0.25) is 0 Å². The Bertz CT molecular complexity index is 6410. The van der Waals surface area contributed by atoms with Crippen molar-refractivity contribution in [3.8, 4) is 101 Å². The third-order valence-corrected chi connectivity index (χ3v) is 19.2. The van der Waals surface area contributed by atoms with Crippen LogP contribution in [0.25, 0.3) is 189 Å². The number of fused-ring (bicyclic) bond motifs is 12. The van der Waals surface area contributed by atoms with Crippen LogP contribution < -0.4 is 0 Å². The van der Waals surface area contributed by atoms with Gasteiger partial charge in [-0.15, -0.1) is 0 Å². The van der Waals surface area contributed by atoms with E-state index in [0.717, 1.165) is 122 Å². The van der Waals surface area contributed by atoms with Gasteiger partial charge in [-0.3, -0.25) is 0 Å². The average molecular weight is 1280 g/mol. The van der Waals surface area contributed by atoms with Gasteiger partial charge < -0.3 is 18.0 Å². The third kappa shape index (κ3) is 10.0. The minimum Gasteiger partial charge on any atom is -0.452 e. The van der Waals surface area contributed by atoms with E-state index in [1.165, 1.54) is 43.6 Å². The molecule has 6 heterocycles. The summed E-state index contributed by atoms with van der Waals surface area (Å²) in [5, 5.41) is 6.93. The minimum absolute atomic E-state index is 0.665. The number of benzene rings is 14. The van der Waals surface area contributed by atoms with Crippen LogP contribution in [-0.4, -0.2) is 29.1 Å². The Balaban J connectivity index is 0.000000139. The molecule has 0 amide bonds. The van der Waals surface area contributed by atoms with Crippen LogP contribution in [0.1, 0.15) is 0 Å². The number of aromatic nitrogens is 6. The molecule has 0 aliphatic rings. The first-order valence-electron chi connectivity index (χ1n) is 33.7. The predicted octanol–water partition coefficient (Wildman–Crippen LogP) is 24.3. The van der Waals surface area contributed by atoms with Gasteiger partial charge in [0.2, 0.25) is 0 Å². The molecule has 0 spiro atoms. The summed E-state index contributed by atoms with van der Waals surface area (Å²) in [6, 6.07) is 123. The van der Waals surface area contributed by atoms with Crippen molar-refractivity contribution >= 4 is 87.7 Å². The molecule has 0 radical (unpaired) electrons. The molecule has 100 heavy (non-hydrogen) atoms. The fourth-order valence-corrected chi connectivity index (χ4v) is 14.7. The Kier molecular flexibility index (Phi) is 14.0. The van der Waals surface area contributed by atoms with Crippen molar-refractivity contribution in [2.75, 3.05) is 0 Å². The lowest BCUT2D eigenvalue weighted by Crippen LogP contribution is -1.96. The highest BCUT2D eigenvalue weighted by Gasteiger charge is 2.25. The van der Waals surface area contributed by atoms with Gasteiger partial charge in [0.15, 0.2) is 22.8 Å². The lowest BCUT2D eigenvalue weighted by Gasteiger charge is -2.14. The van der Waals surface area contributed by atoms with Crippen LogP contribution in [0.15, 0.2) is 361 Å². The summed E-state index contributed by atoms with van der Waals surface area (Å²) in [7, 11) is 0. The molecule has 0 bridgehead atoms. The lowest BCUT2D eigenvalue weighted by atomic mass is 9.95. The zero-order chi connectivity index (χ0) is 66.0. The van der Waals surface area contributed by atoms with Gasteiger partial charge >= 0.3 is 0 Å². The first kappa shape index (κ1) is 57.9. The Morgan fingerprint density at radius 1 is 0.220 bits per heavy atom. The normalized spacial score (nSPS) is 11.6. The lowest BCUT2D eigenvalue weighted by molar-refractivity contribution is 0.667. The summed E-state index contributed by atoms with van der Waals surface area (Å²) >= 11 is 0. The molecular formula is C92H58N6O2. The summed E-state index contributed by atoms with van der Waals surface area (Å²) in [6.07, 6.45) is 0. The molecule has 20 aromatic rings. The van der Waals surface area contributed by atoms with Crippen molar-refractivity contribution < 1.29 is 8.83 Å². The number of furan rings is 2. The minimum atomic E-state index is 0.665. The molecule has 20 rings (SSSR count). The largest absolute Gasteiger partial charge is 0.452 e. The summed E-state index contributed by atoms with van der Waals surface area (Å²) in [5.74, 6) is 1.34. The number of hydrogen-bond acceptors (Lipinski definition) is 6. The first-order valence-corrected chi connectivity index (χ1v) is 33.7. The van der Waals surface area contributed by atoms with E-state index in [0.29, 0.717) is 22.8 Å². The van der Waals surface area contributed by atoms with Gasteiger partial charge in [-0.05, 0) is 117 Å². The van der Waals surface area contributed by atoms with E-state index in [1.54, 1.807) is 0 Å². The molecule has 468 valence electrons. The number of rotatable bonds is 10. The molecule has 0 unspecified atom stereocenters. The molecule has 0 aliphatic heterocycles. The molecule has 0 saturated carbocycles. The molecule has 0 fully saturated rings. The topological polar surface area (TPSA) is 87.7 Å². The number of nitrogens with zero attached hydrogens (tertiary/aromatic N) is 6. The Hall–Kier alpha value is -13.6. The van der Waals surface area contributed by atoms with Gasteiger partial charge in [0.25, 0.3) is 0 Å². The molecule has 0 atom stereocenters. The zero-order valence-corrected chi connectivity index (χ0v) is 54.0. The van der Waals surface area contributed by atoms with Crippen LogP contribution in [0.5, 0.6) is 0 Å². The number of para-hydroxylation sites is 4. The van der Waals surface area contributed by atoms with Gasteiger partial charge in [0.1, 0.15) is 33.6 Å². The maximum atomic E-state index is 6.69.